The second-order valence-corrected chi connectivity index (χ2v) is 15.0. The van der Waals surface area contributed by atoms with Gasteiger partial charge in [-0.05, 0) is 77.7 Å². The summed E-state index contributed by atoms with van der Waals surface area (Å²) in [6, 6.07) is 32.6. The molecule has 8 rings (SSSR count). The van der Waals surface area contributed by atoms with Crippen LogP contribution in [-0.2, 0) is 32.1 Å². The van der Waals surface area contributed by atoms with Gasteiger partial charge >= 0.3 is 5.97 Å². The fourth-order valence-electron chi connectivity index (χ4n) is 7.38. The number of hydrogen-bond acceptors (Lipinski definition) is 10. The number of nitrogens with one attached hydrogen (secondary N) is 1. The van der Waals surface area contributed by atoms with Crippen molar-refractivity contribution in [2.24, 2.45) is 0 Å². The summed E-state index contributed by atoms with van der Waals surface area (Å²) >= 11 is 1.29. The van der Waals surface area contributed by atoms with E-state index in [9.17, 15) is 24.3 Å². The van der Waals surface area contributed by atoms with Gasteiger partial charge in [-0.25, -0.2) is 4.79 Å². The molecule has 4 aromatic rings. The smallest absolute Gasteiger partial charge is 0.352 e. The first-order valence-corrected chi connectivity index (χ1v) is 19.4. The van der Waals surface area contributed by atoms with Crippen LogP contribution in [0, 0.1) is 6.92 Å². The van der Waals surface area contributed by atoms with Gasteiger partial charge in [-0.1, -0.05) is 48.5 Å². The Morgan fingerprint density at radius 3 is 2.29 bits per heavy atom. The molecule has 1 aliphatic carbocycles. The molecule has 0 aromatic heterocycles. The normalized spacial score (nSPS) is 17.5. The number of hydrogen-bond donors (Lipinski definition) is 2. The Hall–Kier alpha value is -6.57. The van der Waals surface area contributed by atoms with Crippen molar-refractivity contribution in [3.63, 3.8) is 0 Å². The van der Waals surface area contributed by atoms with Crippen molar-refractivity contribution in [1.82, 2.24) is 10.2 Å². The van der Waals surface area contributed by atoms with E-state index in [4.69, 9.17) is 23.4 Å². The molecule has 0 spiro atoms. The number of aliphatic carboxylic acids is 1. The van der Waals surface area contributed by atoms with Gasteiger partial charge in [-0.15, -0.1) is 11.8 Å². The van der Waals surface area contributed by atoms with Crippen LogP contribution in [0.25, 0.3) is 33.4 Å². The monoisotopic (exact) mass is 798 g/mol. The van der Waals surface area contributed by atoms with Gasteiger partial charge < -0.3 is 33.8 Å². The second kappa shape index (κ2) is 15.8. The molecular weight excluding hydrogens is 761 g/mol. The Balaban J connectivity index is 0.940. The highest BCUT2D eigenvalue weighted by atomic mass is 32.2. The molecule has 4 aromatic carbocycles. The SMILES string of the molecule is COc1ccc(-c2c3ccc(=O)cc-3oc3cc(OCc4ccc(OCC5=C(C(=O)O)N6C(=O)[C@](NC(=O)Cc7ccccc7)(OC)[C@H]6SC5)cc4)ccc23)c(C)c1. The first-order valence-electron chi connectivity index (χ1n) is 18.4. The van der Waals surface area contributed by atoms with E-state index in [1.807, 2.05) is 73.7 Å². The number of rotatable bonds is 13. The minimum absolute atomic E-state index is 0.0388. The molecule has 4 aliphatic rings. The third kappa shape index (κ3) is 7.14. The zero-order valence-electron chi connectivity index (χ0n) is 31.8. The maximum atomic E-state index is 13.5. The quantitative estimate of drug-likeness (QED) is 0.0721. The second-order valence-electron chi connectivity index (χ2n) is 13.9. The Morgan fingerprint density at radius 2 is 1.57 bits per heavy atom. The van der Waals surface area contributed by atoms with E-state index >= 15 is 0 Å². The fraction of sp³-hybridized carbons (Fsp3) is 0.200. The standard InChI is InChI=1S/C45H38N2O10S/c1-26-19-32(53-2)14-17-34(26)40-35-16-11-30(48)21-37(35)57-38-22-33(15-18-36(38)40)55-23-28-9-12-31(13-10-28)56-24-29-25-58-44-45(54-3,43(52)47(44)41(29)42(50)51)46-39(49)20-27-7-5-4-6-8-27/h4-19,21-22,44H,20,23-25H2,1-3H3,(H,46,49)(H,50,51)/t44-,45+/m1/s1. The van der Waals surface area contributed by atoms with Crippen molar-refractivity contribution in [2.45, 2.75) is 31.1 Å². The minimum atomic E-state index is -1.68. The average molecular weight is 799 g/mol. The molecule has 2 atom stereocenters. The van der Waals surface area contributed by atoms with Gasteiger partial charge in [0.2, 0.25) is 5.91 Å². The van der Waals surface area contributed by atoms with Crippen LogP contribution in [0.4, 0.5) is 0 Å². The molecule has 58 heavy (non-hydrogen) atoms. The van der Waals surface area contributed by atoms with Crippen molar-refractivity contribution in [3.8, 4) is 39.7 Å². The Morgan fingerprint density at radius 1 is 0.845 bits per heavy atom. The first kappa shape index (κ1) is 38.3. The summed E-state index contributed by atoms with van der Waals surface area (Å²) in [6.07, 6.45) is 0.0388. The predicted molar refractivity (Wildman–Crippen MR) is 218 cm³/mol. The molecule has 0 saturated carbocycles. The topological polar surface area (TPSA) is 154 Å². The molecule has 13 heteroatoms. The molecule has 1 saturated heterocycles. The number of nitrogens with zero attached hydrogens (tertiary/aromatic N) is 1. The van der Waals surface area contributed by atoms with Gasteiger partial charge in [-0.2, -0.15) is 0 Å². The van der Waals surface area contributed by atoms with E-state index in [1.165, 1.54) is 31.0 Å². The molecule has 2 amide bonds. The van der Waals surface area contributed by atoms with E-state index in [0.717, 1.165) is 49.4 Å². The van der Waals surface area contributed by atoms with Crippen molar-refractivity contribution in [2.75, 3.05) is 26.6 Å². The number of ether oxygens (including phenoxy) is 4. The van der Waals surface area contributed by atoms with Crippen LogP contribution < -0.4 is 25.0 Å². The van der Waals surface area contributed by atoms with E-state index in [-0.39, 0.29) is 36.5 Å². The summed E-state index contributed by atoms with van der Waals surface area (Å²) in [5.74, 6) is 0.183. The van der Waals surface area contributed by atoms with Crippen molar-refractivity contribution in [3.05, 3.63) is 147 Å². The van der Waals surface area contributed by atoms with Crippen LogP contribution in [0.3, 0.4) is 0 Å². The van der Waals surface area contributed by atoms with E-state index < -0.39 is 28.9 Å². The molecule has 3 aliphatic heterocycles. The summed E-state index contributed by atoms with van der Waals surface area (Å²) in [6.45, 7) is 2.19. The molecule has 1 fully saturated rings. The third-order valence-electron chi connectivity index (χ3n) is 10.3. The number of carbonyl (C=O) groups excluding carboxylic acids is 2. The number of β-lactam (4-membered cyclic amide) rings is 1. The predicted octanol–water partition coefficient (Wildman–Crippen LogP) is 6.80. The first-order chi connectivity index (χ1) is 28.1. The lowest BCUT2D eigenvalue weighted by atomic mass is 9.91. The summed E-state index contributed by atoms with van der Waals surface area (Å²) in [4.78, 5) is 52.4. The molecule has 0 unspecified atom stereocenters. The number of carboxylic acids is 1. The van der Waals surface area contributed by atoms with Gasteiger partial charge in [0.25, 0.3) is 11.6 Å². The lowest BCUT2D eigenvalue weighted by molar-refractivity contribution is -0.192. The summed E-state index contributed by atoms with van der Waals surface area (Å²) < 4.78 is 29.4. The fourth-order valence-corrected chi connectivity index (χ4v) is 8.80. The largest absolute Gasteiger partial charge is 0.497 e. The van der Waals surface area contributed by atoms with Gasteiger partial charge in [-0.3, -0.25) is 19.3 Å². The number of thioether (sulfide) groups is 1. The van der Waals surface area contributed by atoms with Crippen molar-refractivity contribution in [1.29, 1.82) is 0 Å². The Kier molecular flexibility index (Phi) is 10.4. The molecule has 12 nitrogen and oxygen atoms in total. The number of carbonyl (C=O) groups is 3. The highest BCUT2D eigenvalue weighted by Crippen LogP contribution is 2.47. The maximum absolute atomic E-state index is 13.5. The van der Waals surface area contributed by atoms with Crippen LogP contribution in [0.15, 0.2) is 130 Å². The molecule has 2 N–H and O–H groups in total. The average Bonchev–Trinajstić information content (AvgIpc) is 3.23. The zero-order chi connectivity index (χ0) is 40.6. The van der Waals surface area contributed by atoms with Crippen LogP contribution in [0.1, 0.15) is 16.7 Å². The number of aryl methyl sites for hydroxylation is 1. The number of benzene rings is 5. The van der Waals surface area contributed by atoms with Crippen molar-refractivity contribution >= 4 is 40.5 Å². The highest BCUT2D eigenvalue weighted by Gasteiger charge is 2.66. The van der Waals surface area contributed by atoms with Crippen molar-refractivity contribution < 1.29 is 42.9 Å². The number of methoxy groups -OCH3 is 2. The maximum Gasteiger partial charge on any atom is 0.352 e. The summed E-state index contributed by atoms with van der Waals surface area (Å²) in [5, 5.41) is 13.0. The zero-order valence-corrected chi connectivity index (χ0v) is 32.6. The molecule has 0 radical (unpaired) electrons. The third-order valence-corrected chi connectivity index (χ3v) is 11.7. The van der Waals surface area contributed by atoms with Gasteiger partial charge in [0.05, 0.1) is 13.5 Å². The number of fused-ring (bicyclic) bond motifs is 3. The van der Waals surface area contributed by atoms with Crippen LogP contribution in [0.5, 0.6) is 17.2 Å². The van der Waals surface area contributed by atoms with E-state index in [1.54, 1.807) is 37.4 Å². The molecule has 294 valence electrons. The van der Waals surface area contributed by atoms with E-state index in [2.05, 4.69) is 5.32 Å². The lowest BCUT2D eigenvalue weighted by Gasteiger charge is -2.55. The van der Waals surface area contributed by atoms with Gasteiger partial charge in [0.1, 0.15) is 52.9 Å². The highest BCUT2D eigenvalue weighted by molar-refractivity contribution is 8.00. The number of amides is 2. The Labute approximate surface area is 337 Å². The van der Waals surface area contributed by atoms with Crippen LogP contribution in [0.2, 0.25) is 0 Å². The molecule has 3 heterocycles. The van der Waals surface area contributed by atoms with E-state index in [0.29, 0.717) is 28.4 Å². The molecular formula is C45H38N2O10S. The summed E-state index contributed by atoms with van der Waals surface area (Å²) in [5.41, 5.74) is 4.35. The Bertz CT molecular complexity index is 2620. The minimum Gasteiger partial charge on any atom is -0.497 e. The van der Waals surface area contributed by atoms with Crippen LogP contribution >= 0.6 is 11.8 Å². The lowest BCUT2D eigenvalue weighted by Crippen LogP contribution is -2.80. The van der Waals surface area contributed by atoms with Crippen LogP contribution in [-0.4, -0.2) is 65.5 Å². The molecule has 0 bridgehead atoms. The number of carboxylic acid groups (broad SMARTS) is 1. The van der Waals surface area contributed by atoms with Gasteiger partial charge in [0.15, 0.2) is 5.43 Å². The summed E-state index contributed by atoms with van der Waals surface area (Å²) in [7, 11) is 2.95. The van der Waals surface area contributed by atoms with Gasteiger partial charge in [0, 0.05) is 47.1 Å².